The highest BCUT2D eigenvalue weighted by atomic mass is 15.0. The number of rotatable bonds is 6. The zero-order valence-corrected chi connectivity index (χ0v) is 36.5. The van der Waals surface area contributed by atoms with Crippen LogP contribution in [0.25, 0.3) is 101 Å². The fourth-order valence-corrected chi connectivity index (χ4v) is 10.8. The molecule has 11 aromatic rings. The van der Waals surface area contributed by atoms with Crippen molar-refractivity contribution < 1.29 is 0 Å². The number of aromatic nitrogens is 3. The molecule has 2 aliphatic rings. The van der Waals surface area contributed by atoms with Gasteiger partial charge in [0.15, 0.2) is 17.5 Å². The second kappa shape index (κ2) is 15.7. The standard InChI is InChI=1S/C64H41N3/c1-4-19-42(20-5-1)45-25-18-26-46(37-45)61-65-62(67-63(66-61)50-39-48(43-21-6-2-7-22-43)38-49(40-50)44-23-8-3-9-24-44)47-35-36-56-52-28-11-10-27-51(52)53-29-12-15-32-57(53)64(60(56)41-47)58-33-16-13-30-54(58)55-31-14-17-34-59(55)64/h1-41H. The van der Waals surface area contributed by atoms with E-state index in [0.29, 0.717) is 17.5 Å². The average Bonchev–Trinajstić information content (AvgIpc) is 3.66. The van der Waals surface area contributed by atoms with E-state index >= 15 is 0 Å². The molecule has 13 rings (SSSR count). The van der Waals surface area contributed by atoms with Crippen molar-refractivity contribution in [2.75, 3.05) is 0 Å². The fourth-order valence-electron chi connectivity index (χ4n) is 10.8. The van der Waals surface area contributed by atoms with Gasteiger partial charge < -0.3 is 0 Å². The average molecular weight is 852 g/mol. The van der Waals surface area contributed by atoms with Crippen LogP contribution in [0.4, 0.5) is 0 Å². The summed E-state index contributed by atoms with van der Waals surface area (Å²) in [6.07, 6.45) is 0. The maximum absolute atomic E-state index is 5.49. The second-order valence-corrected chi connectivity index (χ2v) is 17.5. The van der Waals surface area contributed by atoms with Crippen molar-refractivity contribution in [3.63, 3.8) is 0 Å². The Kier molecular flexibility index (Phi) is 9.07. The number of hydrogen-bond donors (Lipinski definition) is 0. The predicted molar refractivity (Wildman–Crippen MR) is 274 cm³/mol. The monoisotopic (exact) mass is 851 g/mol. The molecule has 3 heteroatoms. The summed E-state index contributed by atoms with van der Waals surface area (Å²) in [4.78, 5) is 16.3. The van der Waals surface area contributed by atoms with E-state index < -0.39 is 5.41 Å². The first-order valence-corrected chi connectivity index (χ1v) is 22.9. The van der Waals surface area contributed by atoms with Crippen molar-refractivity contribution in [1.82, 2.24) is 15.0 Å². The van der Waals surface area contributed by atoms with Crippen molar-refractivity contribution in [2.24, 2.45) is 0 Å². The SMILES string of the molecule is c1ccc(-c2cccc(-c3nc(-c4cc(-c5ccccc5)cc(-c5ccccc5)c4)nc(-c4ccc5c(c4)C4(c6ccccc6-c6ccccc6-5)c5ccccc5-c5ccccc54)n3)c2)cc1. The summed E-state index contributed by atoms with van der Waals surface area (Å²) in [5, 5.41) is 0. The van der Waals surface area contributed by atoms with Crippen LogP contribution in [-0.2, 0) is 5.41 Å². The van der Waals surface area contributed by atoms with Crippen LogP contribution in [0, 0.1) is 0 Å². The van der Waals surface area contributed by atoms with Crippen LogP contribution >= 0.6 is 0 Å². The summed E-state index contributed by atoms with van der Waals surface area (Å²) >= 11 is 0. The van der Waals surface area contributed by atoms with E-state index in [9.17, 15) is 0 Å². The van der Waals surface area contributed by atoms with Gasteiger partial charge in [-0.3, -0.25) is 0 Å². The van der Waals surface area contributed by atoms with Crippen LogP contribution in [0.2, 0.25) is 0 Å². The Morgan fingerprint density at radius 2 is 0.522 bits per heavy atom. The van der Waals surface area contributed by atoms with Gasteiger partial charge in [-0.15, -0.1) is 0 Å². The van der Waals surface area contributed by atoms with Crippen LogP contribution < -0.4 is 0 Å². The maximum Gasteiger partial charge on any atom is 0.164 e. The first-order valence-electron chi connectivity index (χ1n) is 22.9. The van der Waals surface area contributed by atoms with Crippen molar-refractivity contribution in [2.45, 2.75) is 5.41 Å². The van der Waals surface area contributed by atoms with Gasteiger partial charge in [0.1, 0.15) is 0 Å². The second-order valence-electron chi connectivity index (χ2n) is 17.5. The molecule has 3 nitrogen and oxygen atoms in total. The topological polar surface area (TPSA) is 38.7 Å². The van der Waals surface area contributed by atoms with E-state index in [1.165, 1.54) is 55.6 Å². The molecule has 0 bridgehead atoms. The van der Waals surface area contributed by atoms with Gasteiger partial charge in [0.2, 0.25) is 0 Å². The third kappa shape index (κ3) is 6.31. The van der Waals surface area contributed by atoms with E-state index in [-0.39, 0.29) is 0 Å². The Morgan fingerprint density at radius 3 is 1.03 bits per heavy atom. The maximum atomic E-state index is 5.49. The highest BCUT2D eigenvalue weighted by Gasteiger charge is 2.49. The number of hydrogen-bond acceptors (Lipinski definition) is 3. The molecule has 1 heterocycles. The predicted octanol–water partition coefficient (Wildman–Crippen LogP) is 15.9. The first-order chi connectivity index (χ1) is 33.2. The minimum absolute atomic E-state index is 0.608. The Balaban J connectivity index is 1.09. The van der Waals surface area contributed by atoms with Crippen LogP contribution in [0.5, 0.6) is 0 Å². The van der Waals surface area contributed by atoms with E-state index in [2.05, 4.69) is 249 Å². The van der Waals surface area contributed by atoms with E-state index in [0.717, 1.165) is 50.1 Å². The molecular formula is C64H41N3. The Labute approximate surface area is 390 Å². The largest absolute Gasteiger partial charge is 0.208 e. The number of benzene rings is 10. The summed E-state index contributed by atoms with van der Waals surface area (Å²) in [5.74, 6) is 1.83. The van der Waals surface area contributed by atoms with Crippen molar-refractivity contribution in [3.05, 3.63) is 271 Å². The smallest absolute Gasteiger partial charge is 0.164 e. The molecule has 312 valence electrons. The zero-order chi connectivity index (χ0) is 44.3. The van der Waals surface area contributed by atoms with E-state index in [1.807, 2.05) is 0 Å². The zero-order valence-electron chi connectivity index (χ0n) is 36.5. The lowest BCUT2D eigenvalue weighted by molar-refractivity contribution is 0.775. The summed E-state index contributed by atoms with van der Waals surface area (Å²) < 4.78 is 0. The lowest BCUT2D eigenvalue weighted by atomic mass is 9.65. The van der Waals surface area contributed by atoms with Gasteiger partial charge in [-0.05, 0) is 119 Å². The molecule has 1 spiro atoms. The van der Waals surface area contributed by atoms with Crippen molar-refractivity contribution in [3.8, 4) is 101 Å². The molecule has 10 aromatic carbocycles. The summed E-state index contributed by atoms with van der Waals surface area (Å²) in [7, 11) is 0. The lowest BCUT2D eigenvalue weighted by Gasteiger charge is -2.35. The van der Waals surface area contributed by atoms with Crippen LogP contribution in [-0.4, -0.2) is 15.0 Å². The van der Waals surface area contributed by atoms with Crippen molar-refractivity contribution in [1.29, 1.82) is 0 Å². The van der Waals surface area contributed by atoms with Gasteiger partial charge in [-0.2, -0.15) is 0 Å². The minimum atomic E-state index is -0.633. The Bertz CT molecular complexity index is 3590. The first kappa shape index (κ1) is 38.6. The molecule has 0 aliphatic heterocycles. The highest BCUT2D eigenvalue weighted by molar-refractivity contribution is 5.98. The fraction of sp³-hybridized carbons (Fsp3) is 0.0156. The molecule has 0 radical (unpaired) electrons. The molecule has 0 atom stereocenters. The van der Waals surface area contributed by atoms with Gasteiger partial charge in [0.05, 0.1) is 5.41 Å². The minimum Gasteiger partial charge on any atom is -0.208 e. The van der Waals surface area contributed by atoms with Gasteiger partial charge in [0.25, 0.3) is 0 Å². The van der Waals surface area contributed by atoms with Crippen LogP contribution in [0.15, 0.2) is 249 Å². The summed E-state index contributed by atoms with van der Waals surface area (Å²) in [6.45, 7) is 0. The van der Waals surface area contributed by atoms with Gasteiger partial charge in [-0.1, -0.05) is 218 Å². The third-order valence-corrected chi connectivity index (χ3v) is 13.7. The Hall–Kier alpha value is -8.79. The summed E-state index contributed by atoms with van der Waals surface area (Å²) in [5.41, 5.74) is 21.2. The number of fused-ring (bicyclic) bond motifs is 12. The quantitative estimate of drug-likeness (QED) is 0.167. The number of nitrogens with zero attached hydrogens (tertiary/aromatic N) is 3. The molecule has 0 saturated carbocycles. The lowest BCUT2D eigenvalue weighted by Crippen LogP contribution is -2.29. The van der Waals surface area contributed by atoms with Gasteiger partial charge in [0, 0.05) is 16.7 Å². The molecule has 0 N–H and O–H groups in total. The molecule has 2 aliphatic carbocycles. The molecular weight excluding hydrogens is 811 g/mol. The van der Waals surface area contributed by atoms with Crippen LogP contribution in [0.1, 0.15) is 22.3 Å². The van der Waals surface area contributed by atoms with Gasteiger partial charge >= 0.3 is 0 Å². The molecule has 0 saturated heterocycles. The van der Waals surface area contributed by atoms with Crippen molar-refractivity contribution >= 4 is 0 Å². The Morgan fingerprint density at radius 1 is 0.194 bits per heavy atom. The molecule has 1 aromatic heterocycles. The molecule has 0 amide bonds. The van der Waals surface area contributed by atoms with Gasteiger partial charge in [-0.25, -0.2) is 15.0 Å². The third-order valence-electron chi connectivity index (χ3n) is 13.7. The molecule has 0 unspecified atom stereocenters. The molecule has 67 heavy (non-hydrogen) atoms. The van der Waals surface area contributed by atoms with Crippen LogP contribution in [0.3, 0.4) is 0 Å². The normalized spacial score (nSPS) is 12.6. The molecule has 0 fully saturated rings. The van der Waals surface area contributed by atoms with E-state index in [4.69, 9.17) is 15.0 Å². The highest BCUT2D eigenvalue weighted by Crippen LogP contribution is 2.61. The summed E-state index contributed by atoms with van der Waals surface area (Å²) in [6, 6.07) is 89.6. The van der Waals surface area contributed by atoms with E-state index in [1.54, 1.807) is 0 Å².